The topological polar surface area (TPSA) is 89.0 Å². The third-order valence-electron chi connectivity index (χ3n) is 4.86. The molecule has 126 valence electrons. The van der Waals surface area contributed by atoms with Gasteiger partial charge in [0.1, 0.15) is 0 Å². The molecule has 0 radical (unpaired) electrons. The molecule has 2 aromatic heterocycles. The van der Waals surface area contributed by atoms with Gasteiger partial charge in [-0.3, -0.25) is 4.68 Å². The van der Waals surface area contributed by atoms with Crippen LogP contribution in [-0.2, 0) is 18.6 Å². The van der Waals surface area contributed by atoms with Crippen molar-refractivity contribution < 1.29 is 9.63 Å². The zero-order valence-electron chi connectivity index (χ0n) is 14.1. The highest BCUT2D eigenvalue weighted by Gasteiger charge is 2.39. The predicted octanol–water partition coefficient (Wildman–Crippen LogP) is 1.74. The lowest BCUT2D eigenvalue weighted by molar-refractivity contribution is 0.267. The van der Waals surface area contributed by atoms with Crippen molar-refractivity contribution in [2.75, 3.05) is 6.61 Å². The Morgan fingerprint density at radius 2 is 2.00 bits per heavy atom. The van der Waals surface area contributed by atoms with Gasteiger partial charge in [-0.1, -0.05) is 18.0 Å². The highest BCUT2D eigenvalue weighted by Crippen LogP contribution is 2.37. The predicted molar refractivity (Wildman–Crippen MR) is 84.8 cm³/mol. The molecule has 0 saturated heterocycles. The van der Waals surface area contributed by atoms with Gasteiger partial charge in [0.05, 0.1) is 24.4 Å². The minimum absolute atomic E-state index is 0.0981. The molecule has 1 fully saturated rings. The molecule has 1 saturated carbocycles. The third kappa shape index (κ3) is 3.03. The van der Waals surface area contributed by atoms with Crippen molar-refractivity contribution in [1.82, 2.24) is 25.2 Å². The fraction of sp³-hybridized carbons (Fsp3) is 0.688. The molecule has 1 aliphatic rings. The first-order chi connectivity index (χ1) is 11.1. The summed E-state index contributed by atoms with van der Waals surface area (Å²) in [6.07, 6.45) is 4.38. The standard InChI is InChI=1S/C16H25N5O2/c1-11-14(12(2)21(19-11)8-9-22)10-17-16(6-4-5-7-16)15-18-13(3)23-20-15/h17,22H,4-10H2,1-3H3. The SMILES string of the molecule is Cc1nc(C2(NCc3c(C)nn(CCO)c3C)CCCC2)no1. The molecule has 0 amide bonds. The van der Waals surface area contributed by atoms with E-state index in [-0.39, 0.29) is 12.1 Å². The normalized spacial score (nSPS) is 17.0. The molecular formula is C16H25N5O2. The van der Waals surface area contributed by atoms with Crippen LogP contribution >= 0.6 is 0 Å². The van der Waals surface area contributed by atoms with E-state index in [0.717, 1.165) is 36.6 Å². The molecule has 1 aliphatic carbocycles. The maximum atomic E-state index is 9.14. The van der Waals surface area contributed by atoms with Crippen LogP contribution in [0.3, 0.4) is 0 Å². The molecule has 0 aromatic carbocycles. The minimum Gasteiger partial charge on any atom is -0.394 e. The maximum absolute atomic E-state index is 9.14. The maximum Gasteiger partial charge on any atom is 0.223 e. The Balaban J connectivity index is 1.80. The van der Waals surface area contributed by atoms with Crippen molar-refractivity contribution >= 4 is 0 Å². The molecule has 0 atom stereocenters. The number of hydrogen-bond acceptors (Lipinski definition) is 6. The molecule has 0 spiro atoms. The fourth-order valence-corrected chi connectivity index (χ4v) is 3.51. The first-order valence-electron chi connectivity index (χ1n) is 8.25. The van der Waals surface area contributed by atoms with Crippen LogP contribution in [0.1, 0.15) is 54.3 Å². The molecule has 0 bridgehead atoms. The minimum atomic E-state index is -0.199. The zero-order valence-corrected chi connectivity index (χ0v) is 14.1. The lowest BCUT2D eigenvalue weighted by Crippen LogP contribution is -2.40. The van der Waals surface area contributed by atoms with E-state index in [1.54, 1.807) is 0 Å². The number of aromatic nitrogens is 4. The smallest absolute Gasteiger partial charge is 0.223 e. The highest BCUT2D eigenvalue weighted by atomic mass is 16.5. The van der Waals surface area contributed by atoms with Crippen LogP contribution in [0.15, 0.2) is 4.52 Å². The Hall–Kier alpha value is -1.73. The second kappa shape index (κ2) is 6.41. The fourth-order valence-electron chi connectivity index (χ4n) is 3.51. The number of nitrogens with zero attached hydrogens (tertiary/aromatic N) is 4. The molecule has 2 aromatic rings. The van der Waals surface area contributed by atoms with Crippen LogP contribution in [0.5, 0.6) is 0 Å². The number of rotatable bonds is 6. The highest BCUT2D eigenvalue weighted by molar-refractivity contribution is 5.25. The lowest BCUT2D eigenvalue weighted by Gasteiger charge is -2.27. The first-order valence-corrected chi connectivity index (χ1v) is 8.25. The first kappa shape index (κ1) is 16.1. The second-order valence-corrected chi connectivity index (χ2v) is 6.38. The molecule has 2 N–H and O–H groups in total. The summed E-state index contributed by atoms with van der Waals surface area (Å²) in [4.78, 5) is 4.46. The second-order valence-electron chi connectivity index (χ2n) is 6.38. The average Bonchev–Trinajstić information content (AvgIpc) is 3.21. The van der Waals surface area contributed by atoms with E-state index in [1.165, 1.54) is 18.4 Å². The number of aliphatic hydroxyl groups is 1. The Kier molecular flexibility index (Phi) is 4.50. The van der Waals surface area contributed by atoms with E-state index in [2.05, 4.69) is 20.6 Å². The van der Waals surface area contributed by atoms with Crippen molar-refractivity contribution in [2.24, 2.45) is 0 Å². The van der Waals surface area contributed by atoms with Crippen molar-refractivity contribution in [3.05, 3.63) is 28.7 Å². The summed E-state index contributed by atoms with van der Waals surface area (Å²) in [7, 11) is 0. The van der Waals surface area contributed by atoms with Crippen LogP contribution in [0, 0.1) is 20.8 Å². The summed E-state index contributed by atoms with van der Waals surface area (Å²) in [5.41, 5.74) is 3.09. The third-order valence-corrected chi connectivity index (χ3v) is 4.86. The molecular weight excluding hydrogens is 294 g/mol. The Labute approximate surface area is 136 Å². The van der Waals surface area contributed by atoms with Crippen molar-refractivity contribution in [3.8, 4) is 0 Å². The van der Waals surface area contributed by atoms with Gasteiger partial charge in [-0.05, 0) is 26.7 Å². The van der Waals surface area contributed by atoms with Gasteiger partial charge in [0, 0.05) is 24.7 Å². The lowest BCUT2D eigenvalue weighted by atomic mass is 9.96. The van der Waals surface area contributed by atoms with Crippen molar-refractivity contribution in [2.45, 2.75) is 65.1 Å². The van der Waals surface area contributed by atoms with Crippen LogP contribution < -0.4 is 5.32 Å². The van der Waals surface area contributed by atoms with Crippen LogP contribution in [0.4, 0.5) is 0 Å². The number of aryl methyl sites for hydroxylation is 2. The average molecular weight is 319 g/mol. The molecule has 0 aliphatic heterocycles. The van der Waals surface area contributed by atoms with E-state index in [4.69, 9.17) is 9.63 Å². The van der Waals surface area contributed by atoms with Gasteiger partial charge < -0.3 is 14.9 Å². The van der Waals surface area contributed by atoms with E-state index >= 15 is 0 Å². The largest absolute Gasteiger partial charge is 0.394 e. The van der Waals surface area contributed by atoms with Crippen LogP contribution in [0.2, 0.25) is 0 Å². The van der Waals surface area contributed by atoms with Crippen molar-refractivity contribution in [3.63, 3.8) is 0 Å². The molecule has 2 heterocycles. The Morgan fingerprint density at radius 1 is 1.26 bits per heavy atom. The van der Waals surface area contributed by atoms with Gasteiger partial charge >= 0.3 is 0 Å². The Morgan fingerprint density at radius 3 is 2.61 bits per heavy atom. The number of hydrogen-bond donors (Lipinski definition) is 2. The Bertz CT molecular complexity index is 670. The monoisotopic (exact) mass is 319 g/mol. The van der Waals surface area contributed by atoms with Crippen molar-refractivity contribution in [1.29, 1.82) is 0 Å². The van der Waals surface area contributed by atoms with Gasteiger partial charge in [-0.15, -0.1) is 0 Å². The van der Waals surface area contributed by atoms with E-state index in [9.17, 15) is 0 Å². The van der Waals surface area contributed by atoms with Crippen LogP contribution in [-0.4, -0.2) is 31.6 Å². The van der Waals surface area contributed by atoms with Gasteiger partial charge in [-0.2, -0.15) is 10.1 Å². The molecule has 23 heavy (non-hydrogen) atoms. The van der Waals surface area contributed by atoms with E-state index in [0.29, 0.717) is 12.4 Å². The summed E-state index contributed by atoms with van der Waals surface area (Å²) < 4.78 is 7.06. The zero-order chi connectivity index (χ0) is 16.4. The van der Waals surface area contributed by atoms with Gasteiger partial charge in [0.25, 0.3) is 0 Å². The van der Waals surface area contributed by atoms with Crippen LogP contribution in [0.25, 0.3) is 0 Å². The molecule has 3 rings (SSSR count). The van der Waals surface area contributed by atoms with Gasteiger partial charge in [0.2, 0.25) is 5.89 Å². The molecule has 7 heteroatoms. The molecule has 7 nitrogen and oxygen atoms in total. The summed E-state index contributed by atoms with van der Waals surface area (Å²) in [5.74, 6) is 1.38. The molecule has 0 unspecified atom stereocenters. The summed E-state index contributed by atoms with van der Waals surface area (Å²) in [6, 6.07) is 0. The summed E-state index contributed by atoms with van der Waals surface area (Å²) in [5, 5.41) is 21.5. The van der Waals surface area contributed by atoms with E-state index in [1.807, 2.05) is 25.5 Å². The van der Waals surface area contributed by atoms with E-state index < -0.39 is 0 Å². The quantitative estimate of drug-likeness (QED) is 0.843. The number of nitrogens with one attached hydrogen (secondary N) is 1. The summed E-state index contributed by atoms with van der Waals surface area (Å²) >= 11 is 0. The summed E-state index contributed by atoms with van der Waals surface area (Å²) in [6.45, 7) is 7.23. The number of aliphatic hydroxyl groups excluding tert-OH is 1. The van der Waals surface area contributed by atoms with Gasteiger partial charge in [0.15, 0.2) is 5.82 Å². The van der Waals surface area contributed by atoms with Gasteiger partial charge in [-0.25, -0.2) is 0 Å².